The van der Waals surface area contributed by atoms with Gasteiger partial charge in [-0.1, -0.05) is 36.8 Å². The van der Waals surface area contributed by atoms with Crippen LogP contribution in [-0.4, -0.2) is 29.6 Å². The average molecular weight is 233 g/mol. The maximum Gasteiger partial charge on any atom is 0.308 e. The maximum atomic E-state index is 11.4. The summed E-state index contributed by atoms with van der Waals surface area (Å²) < 4.78 is 0. The van der Waals surface area contributed by atoms with Crippen molar-refractivity contribution in [1.82, 2.24) is 4.90 Å². The number of likely N-dealkylation sites (tertiary alicyclic amines) is 1. The smallest absolute Gasteiger partial charge is 0.308 e. The van der Waals surface area contributed by atoms with Gasteiger partial charge in [-0.25, -0.2) is 0 Å². The van der Waals surface area contributed by atoms with E-state index >= 15 is 0 Å². The number of aliphatic carboxylic acids is 1. The Morgan fingerprint density at radius 2 is 2.00 bits per heavy atom. The molecule has 0 bridgehead atoms. The summed E-state index contributed by atoms with van der Waals surface area (Å²) in [6.07, 6.45) is 2.87. The van der Waals surface area contributed by atoms with Crippen LogP contribution < -0.4 is 0 Å². The number of carboxylic acid groups (broad SMARTS) is 1. The first-order valence-electron chi connectivity index (χ1n) is 6.18. The summed E-state index contributed by atoms with van der Waals surface area (Å²) in [4.78, 5) is 13.6. The highest BCUT2D eigenvalue weighted by molar-refractivity contribution is 5.71. The fourth-order valence-corrected chi connectivity index (χ4v) is 2.73. The molecule has 17 heavy (non-hydrogen) atoms. The number of benzene rings is 1. The highest BCUT2D eigenvalue weighted by Gasteiger charge is 2.33. The molecule has 0 amide bonds. The molecule has 1 aromatic rings. The molecular formula is C14H19NO2. The molecule has 1 heterocycles. The zero-order chi connectivity index (χ0) is 12.3. The van der Waals surface area contributed by atoms with Gasteiger partial charge < -0.3 is 5.11 Å². The molecule has 1 fully saturated rings. The minimum Gasteiger partial charge on any atom is -0.481 e. The van der Waals surface area contributed by atoms with Crippen LogP contribution in [-0.2, 0) is 4.79 Å². The second-order valence-corrected chi connectivity index (χ2v) is 4.78. The topological polar surface area (TPSA) is 40.5 Å². The van der Waals surface area contributed by atoms with Crippen molar-refractivity contribution in [1.29, 1.82) is 0 Å². The highest BCUT2D eigenvalue weighted by Crippen LogP contribution is 2.34. The van der Waals surface area contributed by atoms with Gasteiger partial charge in [0.1, 0.15) is 0 Å². The summed E-state index contributed by atoms with van der Waals surface area (Å²) in [5.74, 6) is -0.961. The van der Waals surface area contributed by atoms with E-state index < -0.39 is 5.97 Å². The van der Waals surface area contributed by atoms with Gasteiger partial charge in [-0.2, -0.15) is 0 Å². The lowest BCUT2D eigenvalue weighted by Gasteiger charge is -2.30. The largest absolute Gasteiger partial charge is 0.481 e. The van der Waals surface area contributed by atoms with Crippen LogP contribution in [0.4, 0.5) is 0 Å². The van der Waals surface area contributed by atoms with E-state index in [9.17, 15) is 9.90 Å². The van der Waals surface area contributed by atoms with E-state index in [1.165, 1.54) is 0 Å². The van der Waals surface area contributed by atoms with Gasteiger partial charge in [0.05, 0.1) is 5.92 Å². The van der Waals surface area contributed by atoms with Crippen molar-refractivity contribution in [3.05, 3.63) is 35.9 Å². The lowest BCUT2D eigenvalue weighted by molar-refractivity contribution is -0.144. The van der Waals surface area contributed by atoms with Gasteiger partial charge in [-0.05, 0) is 32.0 Å². The summed E-state index contributed by atoms with van der Waals surface area (Å²) in [7, 11) is 2.03. The Hall–Kier alpha value is -1.35. The van der Waals surface area contributed by atoms with Crippen molar-refractivity contribution in [3.8, 4) is 0 Å². The summed E-state index contributed by atoms with van der Waals surface area (Å²) in [5, 5.41) is 9.39. The number of nitrogens with zero attached hydrogens (tertiary/aromatic N) is 1. The SMILES string of the molecule is CN1CCCC[C@H](C(=O)O)[C@H]1c1ccccc1. The monoisotopic (exact) mass is 233 g/mol. The Kier molecular flexibility index (Phi) is 3.79. The van der Waals surface area contributed by atoms with Crippen molar-refractivity contribution in [2.45, 2.75) is 25.3 Å². The van der Waals surface area contributed by atoms with E-state index in [2.05, 4.69) is 4.90 Å². The van der Waals surface area contributed by atoms with Crippen LogP contribution in [0, 0.1) is 5.92 Å². The Bertz CT molecular complexity index is 377. The Morgan fingerprint density at radius 1 is 1.29 bits per heavy atom. The Labute approximate surface area is 102 Å². The number of rotatable bonds is 2. The minimum absolute atomic E-state index is 0.0104. The number of carboxylic acids is 1. The predicted molar refractivity (Wildman–Crippen MR) is 66.8 cm³/mol. The van der Waals surface area contributed by atoms with Crippen LogP contribution in [0.1, 0.15) is 30.9 Å². The first kappa shape index (κ1) is 12.1. The summed E-state index contributed by atoms with van der Waals surface area (Å²) in [6, 6.07) is 10.00. The van der Waals surface area contributed by atoms with Gasteiger partial charge in [0.25, 0.3) is 0 Å². The molecule has 1 N–H and O–H groups in total. The maximum absolute atomic E-state index is 11.4. The number of hydrogen-bond donors (Lipinski definition) is 1. The molecule has 0 saturated carbocycles. The molecule has 0 radical (unpaired) electrons. The van der Waals surface area contributed by atoms with Crippen molar-refractivity contribution < 1.29 is 9.90 Å². The van der Waals surface area contributed by atoms with E-state index in [-0.39, 0.29) is 12.0 Å². The molecule has 0 aromatic heterocycles. The van der Waals surface area contributed by atoms with E-state index in [4.69, 9.17) is 0 Å². The molecule has 0 unspecified atom stereocenters. The zero-order valence-corrected chi connectivity index (χ0v) is 10.2. The lowest BCUT2D eigenvalue weighted by atomic mass is 9.89. The normalized spacial score (nSPS) is 26.4. The van der Waals surface area contributed by atoms with Crippen LogP contribution in [0.2, 0.25) is 0 Å². The van der Waals surface area contributed by atoms with Gasteiger partial charge in [0.2, 0.25) is 0 Å². The molecule has 92 valence electrons. The van der Waals surface area contributed by atoms with Crippen LogP contribution in [0.25, 0.3) is 0 Å². The summed E-state index contributed by atoms with van der Waals surface area (Å²) in [5.41, 5.74) is 1.12. The number of hydrogen-bond acceptors (Lipinski definition) is 2. The summed E-state index contributed by atoms with van der Waals surface area (Å²) in [6.45, 7) is 0.976. The lowest BCUT2D eigenvalue weighted by Crippen LogP contribution is -2.33. The first-order valence-corrected chi connectivity index (χ1v) is 6.18. The van der Waals surface area contributed by atoms with Gasteiger partial charge in [0, 0.05) is 6.04 Å². The standard InChI is InChI=1S/C14H19NO2/c1-15-10-6-5-9-12(14(16)17)13(15)11-7-3-2-4-8-11/h2-4,7-8,12-13H,5-6,9-10H2,1H3,(H,16,17)/t12-,13+/m0/s1. The van der Waals surface area contributed by atoms with Gasteiger partial charge in [-0.3, -0.25) is 9.69 Å². The molecule has 1 aromatic carbocycles. The van der Waals surface area contributed by atoms with Gasteiger partial charge in [-0.15, -0.1) is 0 Å². The first-order chi connectivity index (χ1) is 8.20. The van der Waals surface area contributed by atoms with Crippen LogP contribution in [0.3, 0.4) is 0 Å². The highest BCUT2D eigenvalue weighted by atomic mass is 16.4. The van der Waals surface area contributed by atoms with Crippen LogP contribution in [0.15, 0.2) is 30.3 Å². The third kappa shape index (κ3) is 2.67. The molecule has 2 rings (SSSR count). The van der Waals surface area contributed by atoms with Crippen molar-refractivity contribution >= 4 is 5.97 Å². The fraction of sp³-hybridized carbons (Fsp3) is 0.500. The van der Waals surface area contributed by atoms with Gasteiger partial charge >= 0.3 is 5.97 Å². The number of carbonyl (C=O) groups is 1. The molecule has 3 heteroatoms. The molecule has 0 spiro atoms. The molecule has 2 atom stereocenters. The van der Waals surface area contributed by atoms with E-state index in [0.717, 1.165) is 31.4 Å². The Morgan fingerprint density at radius 3 is 2.65 bits per heavy atom. The van der Waals surface area contributed by atoms with Crippen molar-refractivity contribution in [3.63, 3.8) is 0 Å². The minimum atomic E-state index is -0.674. The molecular weight excluding hydrogens is 214 g/mol. The fourth-order valence-electron chi connectivity index (χ4n) is 2.73. The molecule has 1 aliphatic heterocycles. The Balaban J connectivity index is 2.33. The van der Waals surface area contributed by atoms with E-state index in [1.807, 2.05) is 37.4 Å². The van der Waals surface area contributed by atoms with Crippen molar-refractivity contribution in [2.24, 2.45) is 5.92 Å². The van der Waals surface area contributed by atoms with E-state index in [0.29, 0.717) is 0 Å². The molecule has 0 aliphatic carbocycles. The zero-order valence-electron chi connectivity index (χ0n) is 10.2. The molecule has 1 aliphatic rings. The molecule has 1 saturated heterocycles. The van der Waals surface area contributed by atoms with E-state index in [1.54, 1.807) is 0 Å². The third-order valence-electron chi connectivity index (χ3n) is 3.59. The third-order valence-corrected chi connectivity index (χ3v) is 3.59. The predicted octanol–water partition coefficient (Wildman–Crippen LogP) is 2.54. The second kappa shape index (κ2) is 5.32. The molecule has 3 nitrogen and oxygen atoms in total. The average Bonchev–Trinajstić information content (AvgIpc) is 2.52. The van der Waals surface area contributed by atoms with Crippen LogP contribution in [0.5, 0.6) is 0 Å². The van der Waals surface area contributed by atoms with Crippen molar-refractivity contribution in [2.75, 3.05) is 13.6 Å². The quantitative estimate of drug-likeness (QED) is 0.853. The summed E-state index contributed by atoms with van der Waals surface area (Å²) >= 11 is 0. The van der Waals surface area contributed by atoms with Crippen LogP contribution >= 0.6 is 0 Å². The van der Waals surface area contributed by atoms with Gasteiger partial charge in [0.15, 0.2) is 0 Å². The second-order valence-electron chi connectivity index (χ2n) is 4.78.